The van der Waals surface area contributed by atoms with Gasteiger partial charge in [-0.2, -0.15) is 5.10 Å². The second kappa shape index (κ2) is 7.17. The number of carbonyl (C=O) groups is 1. The van der Waals surface area contributed by atoms with Gasteiger partial charge in [0.1, 0.15) is 0 Å². The normalized spacial score (nSPS) is 10.7. The van der Waals surface area contributed by atoms with Crippen LogP contribution in [0.5, 0.6) is 11.5 Å². The second-order valence-electron chi connectivity index (χ2n) is 5.79. The molecule has 0 saturated heterocycles. The lowest BCUT2D eigenvalue weighted by atomic mass is 10.0. The minimum atomic E-state index is -0.0479. The number of aromatic amines is 1. The average molecular weight is 317 g/mol. The lowest BCUT2D eigenvalue weighted by Crippen LogP contribution is -2.14. The van der Waals surface area contributed by atoms with Crippen LogP contribution in [-0.2, 0) is 4.79 Å². The van der Waals surface area contributed by atoms with Crippen molar-refractivity contribution in [3.63, 3.8) is 0 Å². The maximum atomic E-state index is 12.0. The molecule has 1 aromatic heterocycles. The fourth-order valence-electron chi connectivity index (χ4n) is 2.42. The maximum Gasteiger partial charge on any atom is 0.225 e. The van der Waals surface area contributed by atoms with Gasteiger partial charge in [0.05, 0.1) is 14.2 Å². The molecule has 1 heterocycles. The molecule has 0 radical (unpaired) electrons. The Balaban J connectivity index is 2.36. The maximum absolute atomic E-state index is 12.0. The Morgan fingerprint density at radius 2 is 1.96 bits per heavy atom. The summed E-state index contributed by atoms with van der Waals surface area (Å²) in [5.41, 5.74) is 2.62. The first-order valence-electron chi connectivity index (χ1n) is 7.53. The van der Waals surface area contributed by atoms with E-state index in [1.807, 2.05) is 39.0 Å². The summed E-state index contributed by atoms with van der Waals surface area (Å²) in [5.74, 6) is 2.06. The fraction of sp³-hybridized carbons (Fsp3) is 0.412. The average Bonchev–Trinajstić information content (AvgIpc) is 2.86. The zero-order chi connectivity index (χ0) is 17.0. The number of nitrogens with zero attached hydrogens (tertiary/aromatic N) is 1. The summed E-state index contributed by atoms with van der Waals surface area (Å²) in [4.78, 5) is 12.0. The number of ether oxygens (including phenoxy) is 2. The largest absolute Gasteiger partial charge is 0.493 e. The van der Waals surface area contributed by atoms with E-state index in [-0.39, 0.29) is 5.91 Å². The molecule has 0 unspecified atom stereocenters. The molecule has 124 valence electrons. The molecule has 0 atom stereocenters. The van der Waals surface area contributed by atoms with E-state index in [9.17, 15) is 4.79 Å². The minimum Gasteiger partial charge on any atom is -0.493 e. The number of benzene rings is 1. The van der Waals surface area contributed by atoms with Crippen LogP contribution in [0.2, 0.25) is 0 Å². The van der Waals surface area contributed by atoms with Gasteiger partial charge in [-0.1, -0.05) is 19.9 Å². The van der Waals surface area contributed by atoms with Gasteiger partial charge >= 0.3 is 0 Å². The van der Waals surface area contributed by atoms with Crippen LogP contribution in [0.25, 0.3) is 11.1 Å². The summed E-state index contributed by atoms with van der Waals surface area (Å²) in [7, 11) is 3.19. The van der Waals surface area contributed by atoms with Crippen molar-refractivity contribution < 1.29 is 14.3 Å². The summed E-state index contributed by atoms with van der Waals surface area (Å²) < 4.78 is 10.6. The molecule has 0 fully saturated rings. The Bertz CT molecular complexity index is 692. The molecule has 0 spiro atoms. The van der Waals surface area contributed by atoms with Crippen molar-refractivity contribution in [1.82, 2.24) is 10.2 Å². The Labute approximate surface area is 136 Å². The van der Waals surface area contributed by atoms with Crippen LogP contribution < -0.4 is 14.8 Å². The molecule has 0 bridgehead atoms. The molecule has 1 aromatic carbocycles. The third-order valence-electron chi connectivity index (χ3n) is 3.47. The quantitative estimate of drug-likeness (QED) is 0.856. The minimum absolute atomic E-state index is 0.0479. The highest BCUT2D eigenvalue weighted by molar-refractivity contribution is 5.94. The predicted molar refractivity (Wildman–Crippen MR) is 89.9 cm³/mol. The van der Waals surface area contributed by atoms with E-state index >= 15 is 0 Å². The van der Waals surface area contributed by atoms with Gasteiger partial charge < -0.3 is 14.8 Å². The standard InChI is InChI=1S/C17H23N3O3/c1-10(2)8-15(21)18-17-16(11(3)19-20-17)12-6-7-13(22-4)14(9-12)23-5/h6-7,9-10H,8H2,1-5H3,(H2,18,19,20,21). The smallest absolute Gasteiger partial charge is 0.225 e. The highest BCUT2D eigenvalue weighted by atomic mass is 16.5. The zero-order valence-electron chi connectivity index (χ0n) is 14.2. The first-order chi connectivity index (χ1) is 11.0. The van der Waals surface area contributed by atoms with Gasteiger partial charge in [-0.3, -0.25) is 9.89 Å². The molecule has 2 N–H and O–H groups in total. The number of methoxy groups -OCH3 is 2. The van der Waals surface area contributed by atoms with Crippen molar-refractivity contribution in [2.24, 2.45) is 5.92 Å². The number of aromatic nitrogens is 2. The van der Waals surface area contributed by atoms with Crippen LogP contribution in [0.15, 0.2) is 18.2 Å². The van der Waals surface area contributed by atoms with E-state index in [0.29, 0.717) is 29.7 Å². The second-order valence-corrected chi connectivity index (χ2v) is 5.79. The highest BCUT2D eigenvalue weighted by Gasteiger charge is 2.17. The number of hydrogen-bond donors (Lipinski definition) is 2. The van der Waals surface area contributed by atoms with Crippen LogP contribution in [0, 0.1) is 12.8 Å². The zero-order valence-corrected chi connectivity index (χ0v) is 14.2. The summed E-state index contributed by atoms with van der Waals surface area (Å²) in [6.45, 7) is 5.92. The summed E-state index contributed by atoms with van der Waals surface area (Å²) in [6, 6.07) is 5.62. The number of H-pyrrole nitrogens is 1. The van der Waals surface area contributed by atoms with Crippen molar-refractivity contribution in [2.75, 3.05) is 19.5 Å². The first kappa shape index (κ1) is 16.9. The van der Waals surface area contributed by atoms with E-state index < -0.39 is 0 Å². The molecule has 6 nitrogen and oxygen atoms in total. The Kier molecular flexibility index (Phi) is 5.26. The summed E-state index contributed by atoms with van der Waals surface area (Å²) in [5, 5.41) is 10.0. The number of amides is 1. The Morgan fingerprint density at radius 1 is 1.26 bits per heavy atom. The van der Waals surface area contributed by atoms with E-state index in [0.717, 1.165) is 16.8 Å². The molecule has 2 rings (SSSR count). The van der Waals surface area contributed by atoms with Gasteiger partial charge in [0, 0.05) is 17.7 Å². The lowest BCUT2D eigenvalue weighted by molar-refractivity contribution is -0.116. The van der Waals surface area contributed by atoms with Gasteiger partial charge in [0.2, 0.25) is 5.91 Å². The summed E-state index contributed by atoms with van der Waals surface area (Å²) >= 11 is 0. The molecule has 0 aliphatic carbocycles. The molecule has 23 heavy (non-hydrogen) atoms. The number of anilines is 1. The molecule has 0 aliphatic heterocycles. The molecule has 0 aliphatic rings. The van der Waals surface area contributed by atoms with Crippen LogP contribution in [0.3, 0.4) is 0 Å². The van der Waals surface area contributed by atoms with Crippen LogP contribution in [0.1, 0.15) is 26.0 Å². The van der Waals surface area contributed by atoms with Crippen molar-refractivity contribution in [2.45, 2.75) is 27.2 Å². The van der Waals surface area contributed by atoms with Crippen LogP contribution >= 0.6 is 0 Å². The Morgan fingerprint density at radius 3 is 2.57 bits per heavy atom. The van der Waals surface area contributed by atoms with Crippen molar-refractivity contribution in [1.29, 1.82) is 0 Å². The number of hydrogen-bond acceptors (Lipinski definition) is 4. The molecule has 0 saturated carbocycles. The SMILES string of the molecule is COc1ccc(-c2c(NC(=O)CC(C)C)n[nH]c2C)cc1OC. The third kappa shape index (κ3) is 3.83. The van der Waals surface area contributed by atoms with E-state index in [2.05, 4.69) is 15.5 Å². The Hall–Kier alpha value is -2.50. The van der Waals surface area contributed by atoms with Crippen LogP contribution in [0.4, 0.5) is 5.82 Å². The monoisotopic (exact) mass is 317 g/mol. The summed E-state index contributed by atoms with van der Waals surface area (Å²) in [6.07, 6.45) is 0.456. The van der Waals surface area contributed by atoms with E-state index in [4.69, 9.17) is 9.47 Å². The van der Waals surface area contributed by atoms with Gasteiger partial charge in [-0.15, -0.1) is 0 Å². The first-order valence-corrected chi connectivity index (χ1v) is 7.53. The van der Waals surface area contributed by atoms with E-state index in [1.54, 1.807) is 14.2 Å². The van der Waals surface area contributed by atoms with Gasteiger partial charge in [0.15, 0.2) is 17.3 Å². The molecule has 1 amide bonds. The predicted octanol–water partition coefficient (Wildman–Crippen LogP) is 3.39. The van der Waals surface area contributed by atoms with Gasteiger partial charge in [0.25, 0.3) is 0 Å². The lowest BCUT2D eigenvalue weighted by Gasteiger charge is -2.11. The number of rotatable bonds is 6. The number of nitrogens with one attached hydrogen (secondary N) is 2. The number of aryl methyl sites for hydroxylation is 1. The highest BCUT2D eigenvalue weighted by Crippen LogP contribution is 2.36. The van der Waals surface area contributed by atoms with E-state index in [1.165, 1.54) is 0 Å². The third-order valence-corrected chi connectivity index (χ3v) is 3.47. The molecular formula is C17H23N3O3. The fourth-order valence-corrected chi connectivity index (χ4v) is 2.42. The number of carbonyl (C=O) groups excluding carboxylic acids is 1. The van der Waals surface area contributed by atoms with Gasteiger partial charge in [-0.25, -0.2) is 0 Å². The molecular weight excluding hydrogens is 294 g/mol. The molecule has 2 aromatic rings. The van der Waals surface area contributed by atoms with Crippen molar-refractivity contribution in [3.05, 3.63) is 23.9 Å². The topological polar surface area (TPSA) is 76.2 Å². The molecule has 6 heteroatoms. The van der Waals surface area contributed by atoms with Crippen molar-refractivity contribution >= 4 is 11.7 Å². The van der Waals surface area contributed by atoms with Gasteiger partial charge in [-0.05, 0) is 30.5 Å². The van der Waals surface area contributed by atoms with Crippen LogP contribution in [-0.4, -0.2) is 30.3 Å². The van der Waals surface area contributed by atoms with Crippen molar-refractivity contribution in [3.8, 4) is 22.6 Å².